The Morgan fingerprint density at radius 1 is 1.36 bits per heavy atom. The quantitative estimate of drug-likeness (QED) is 0.756. The van der Waals surface area contributed by atoms with Crippen molar-refractivity contribution in [3.05, 3.63) is 61.7 Å². The molecule has 3 rings (SSSR count). The summed E-state index contributed by atoms with van der Waals surface area (Å²) in [6, 6.07) is 3.41. The monoisotopic (exact) mass is 401 g/mol. The molecule has 1 N–H and O–H groups in total. The fourth-order valence-corrected chi connectivity index (χ4v) is 4.13. The molecule has 150 valence electrons. The Balaban J connectivity index is 1.89. The maximum Gasteiger partial charge on any atom is 0.257 e. The Morgan fingerprint density at radius 3 is 2.86 bits per heavy atom. The van der Waals surface area contributed by atoms with E-state index in [1.165, 1.54) is 18.7 Å². The van der Waals surface area contributed by atoms with Crippen LogP contribution in [0.15, 0.2) is 39.3 Å². The van der Waals surface area contributed by atoms with Gasteiger partial charge in [-0.1, -0.05) is 11.6 Å². The number of carbonyl (C=O) groups excluding carboxylic acids is 1. The first-order valence-corrected chi connectivity index (χ1v) is 10.4. The summed E-state index contributed by atoms with van der Waals surface area (Å²) in [7, 11) is 1.50. The second kappa shape index (κ2) is 9.21. The fourth-order valence-electron chi connectivity index (χ4n) is 3.46. The molecule has 0 saturated carbocycles. The molecular weight excluding hydrogens is 374 g/mol. The number of carbonyl (C=O) groups is 1. The van der Waals surface area contributed by atoms with Gasteiger partial charge in [-0.05, 0) is 36.2 Å². The largest absolute Gasteiger partial charge is 0.496 e. The molecule has 1 aliphatic rings. The first-order chi connectivity index (χ1) is 13.5. The van der Waals surface area contributed by atoms with Gasteiger partial charge in [0.05, 0.1) is 7.11 Å². The number of hydrogen-bond acceptors (Lipinski definition) is 5. The van der Waals surface area contributed by atoms with Crippen molar-refractivity contribution in [1.82, 2.24) is 14.8 Å². The van der Waals surface area contributed by atoms with Crippen molar-refractivity contribution in [2.24, 2.45) is 0 Å². The van der Waals surface area contributed by atoms with Gasteiger partial charge in [0, 0.05) is 50.9 Å². The molecule has 1 amide bonds. The van der Waals surface area contributed by atoms with Crippen molar-refractivity contribution in [3.8, 4) is 5.75 Å². The van der Waals surface area contributed by atoms with Crippen molar-refractivity contribution in [2.75, 3.05) is 26.7 Å². The van der Waals surface area contributed by atoms with Gasteiger partial charge in [-0.25, -0.2) is 0 Å². The standard InChI is InChI=1S/C21H27N3O3S/c1-4-15(2)13-23-7-5-17-20(21(26)22-12-16-6-10-28-14-16)18(27-3)11-19(25)24(17)9-8-23/h4,6,10-11,14H,5,7-9,12-13H2,1-3H3,(H,22,26)/b15-4+. The van der Waals surface area contributed by atoms with Gasteiger partial charge in [-0.15, -0.1) is 0 Å². The van der Waals surface area contributed by atoms with Gasteiger partial charge in [-0.3, -0.25) is 14.5 Å². The molecule has 0 spiro atoms. The minimum Gasteiger partial charge on any atom is -0.496 e. The highest BCUT2D eigenvalue weighted by Crippen LogP contribution is 2.23. The van der Waals surface area contributed by atoms with E-state index in [0.29, 0.717) is 30.8 Å². The molecule has 7 heteroatoms. The summed E-state index contributed by atoms with van der Waals surface area (Å²) in [5.74, 6) is 0.141. The molecule has 6 nitrogen and oxygen atoms in total. The summed E-state index contributed by atoms with van der Waals surface area (Å²) in [5, 5.41) is 6.96. The lowest BCUT2D eigenvalue weighted by atomic mass is 10.1. The van der Waals surface area contributed by atoms with Gasteiger partial charge < -0.3 is 14.6 Å². The number of pyridine rings is 1. The topological polar surface area (TPSA) is 63.6 Å². The minimum atomic E-state index is -0.204. The molecular formula is C21H27N3O3S. The zero-order valence-corrected chi connectivity index (χ0v) is 17.5. The van der Waals surface area contributed by atoms with Crippen molar-refractivity contribution in [2.45, 2.75) is 33.4 Å². The number of nitrogens with zero attached hydrogens (tertiary/aromatic N) is 2. The van der Waals surface area contributed by atoms with Crippen LogP contribution in [0.3, 0.4) is 0 Å². The number of rotatable bonds is 6. The molecule has 0 radical (unpaired) electrons. The van der Waals surface area contributed by atoms with Gasteiger partial charge in [0.15, 0.2) is 0 Å². The van der Waals surface area contributed by atoms with Crippen molar-refractivity contribution in [3.63, 3.8) is 0 Å². The van der Waals surface area contributed by atoms with Crippen LogP contribution in [0.1, 0.15) is 35.5 Å². The Labute approximate surface area is 169 Å². The molecule has 0 aromatic carbocycles. The number of hydrogen-bond donors (Lipinski definition) is 1. The van der Waals surface area contributed by atoms with Gasteiger partial charge in [0.2, 0.25) is 0 Å². The molecule has 2 aromatic rings. The SMILES string of the molecule is C/C=C(\C)CN1CCc2c(C(=O)NCc3ccsc3)c(OC)cc(=O)n2CC1. The van der Waals surface area contributed by atoms with Gasteiger partial charge in [-0.2, -0.15) is 11.3 Å². The summed E-state index contributed by atoms with van der Waals surface area (Å²) in [4.78, 5) is 27.9. The molecule has 1 aliphatic heterocycles. The van der Waals surface area contributed by atoms with Gasteiger partial charge in [0.25, 0.3) is 11.5 Å². The average Bonchev–Trinajstić information content (AvgIpc) is 3.13. The third-order valence-corrected chi connectivity index (χ3v) is 5.86. The predicted octanol–water partition coefficient (Wildman–Crippen LogP) is 2.67. The van der Waals surface area contributed by atoms with E-state index < -0.39 is 0 Å². The molecule has 0 unspecified atom stereocenters. The number of ether oxygens (including phenoxy) is 1. The first-order valence-electron chi connectivity index (χ1n) is 9.47. The summed E-state index contributed by atoms with van der Waals surface area (Å²) in [5.41, 5.74) is 3.47. The van der Waals surface area contributed by atoms with E-state index >= 15 is 0 Å². The molecule has 0 fully saturated rings. The Kier molecular flexibility index (Phi) is 6.70. The van der Waals surface area contributed by atoms with E-state index in [1.807, 2.05) is 23.8 Å². The molecule has 0 saturated heterocycles. The Morgan fingerprint density at radius 2 is 2.18 bits per heavy atom. The van der Waals surface area contributed by atoms with Crippen molar-refractivity contribution >= 4 is 17.2 Å². The van der Waals surface area contributed by atoms with Crippen LogP contribution in [0, 0.1) is 0 Å². The smallest absolute Gasteiger partial charge is 0.257 e. The third-order valence-electron chi connectivity index (χ3n) is 5.13. The number of methoxy groups -OCH3 is 1. The zero-order chi connectivity index (χ0) is 20.1. The highest BCUT2D eigenvalue weighted by atomic mass is 32.1. The molecule has 0 bridgehead atoms. The zero-order valence-electron chi connectivity index (χ0n) is 16.7. The van der Waals surface area contributed by atoms with Crippen molar-refractivity contribution < 1.29 is 9.53 Å². The number of thiophene rings is 1. The van der Waals surface area contributed by atoms with Crippen molar-refractivity contribution in [1.29, 1.82) is 0 Å². The summed E-state index contributed by atoms with van der Waals surface area (Å²) >= 11 is 1.60. The lowest BCUT2D eigenvalue weighted by Gasteiger charge is -2.19. The second-order valence-electron chi connectivity index (χ2n) is 7.00. The Bertz CT molecular complexity index is 916. The van der Waals surface area contributed by atoms with Crippen LogP contribution in [0.25, 0.3) is 0 Å². The van der Waals surface area contributed by atoms with E-state index in [0.717, 1.165) is 30.9 Å². The van der Waals surface area contributed by atoms with Crippen LogP contribution in [0.2, 0.25) is 0 Å². The Hall–Kier alpha value is -2.38. The summed E-state index contributed by atoms with van der Waals surface area (Å²) < 4.78 is 7.13. The number of nitrogens with one attached hydrogen (secondary N) is 1. The van der Waals surface area contributed by atoms with E-state index in [2.05, 4.69) is 23.2 Å². The highest BCUT2D eigenvalue weighted by Gasteiger charge is 2.25. The summed E-state index contributed by atoms with van der Waals surface area (Å²) in [6.07, 6.45) is 2.74. The molecule has 0 atom stereocenters. The van der Waals surface area contributed by atoms with Crippen LogP contribution >= 0.6 is 11.3 Å². The second-order valence-corrected chi connectivity index (χ2v) is 7.78. The summed E-state index contributed by atoms with van der Waals surface area (Å²) in [6.45, 7) is 7.61. The van der Waals surface area contributed by atoms with Crippen LogP contribution < -0.4 is 15.6 Å². The van der Waals surface area contributed by atoms with Crippen LogP contribution in [-0.4, -0.2) is 42.1 Å². The number of allylic oxidation sites excluding steroid dienone is 1. The highest BCUT2D eigenvalue weighted by molar-refractivity contribution is 7.07. The fraction of sp³-hybridized carbons (Fsp3) is 0.429. The van der Waals surface area contributed by atoms with Crippen LogP contribution in [0.5, 0.6) is 5.75 Å². The number of aromatic nitrogens is 1. The number of amides is 1. The molecule has 0 aliphatic carbocycles. The van der Waals surface area contributed by atoms with Gasteiger partial charge in [0.1, 0.15) is 11.3 Å². The van der Waals surface area contributed by atoms with E-state index in [4.69, 9.17) is 4.74 Å². The first kappa shape index (κ1) is 20.4. The van der Waals surface area contributed by atoms with Crippen LogP contribution in [0.4, 0.5) is 0 Å². The molecule has 3 heterocycles. The predicted molar refractivity (Wildman–Crippen MR) is 112 cm³/mol. The van der Waals surface area contributed by atoms with E-state index in [9.17, 15) is 9.59 Å². The van der Waals surface area contributed by atoms with E-state index in [1.54, 1.807) is 15.9 Å². The molecule has 2 aromatic heterocycles. The van der Waals surface area contributed by atoms with E-state index in [-0.39, 0.29) is 11.5 Å². The van der Waals surface area contributed by atoms with Crippen LogP contribution in [-0.2, 0) is 19.5 Å². The normalized spacial score (nSPS) is 15.0. The maximum atomic E-state index is 13.0. The maximum absolute atomic E-state index is 13.0. The molecule has 28 heavy (non-hydrogen) atoms. The lowest BCUT2D eigenvalue weighted by molar-refractivity contribution is 0.0945. The lowest BCUT2D eigenvalue weighted by Crippen LogP contribution is -2.31. The average molecular weight is 402 g/mol. The minimum absolute atomic E-state index is 0.120. The number of fused-ring (bicyclic) bond motifs is 1. The van der Waals surface area contributed by atoms with Gasteiger partial charge >= 0.3 is 0 Å². The third kappa shape index (κ3) is 4.54.